The molecular weight excluding hydrogens is 1450 g/mol. The maximum absolute atomic E-state index is 6.94. The van der Waals surface area contributed by atoms with Crippen molar-refractivity contribution in [3.8, 4) is 89.0 Å². The topological polar surface area (TPSA) is 32.8 Å². The fraction of sp³-hybridized carbons (Fsp3) is 0. The first-order chi connectivity index (χ1) is 57.4. The molecule has 0 atom stereocenters. The van der Waals surface area contributed by atoms with Gasteiger partial charge in [-0.25, -0.2) is 0 Å². The summed E-state index contributed by atoms with van der Waals surface area (Å²) in [6.45, 7) is 0. The molecule has 0 aliphatic carbocycles. The number of fused-ring (bicyclic) bond motifs is 14. The number of hydrogen-bond donors (Lipinski definition) is 0. The second-order valence-electron chi connectivity index (χ2n) is 30.2. The van der Waals surface area contributed by atoms with Gasteiger partial charge < -0.3 is 18.6 Å². The summed E-state index contributed by atoms with van der Waals surface area (Å²) >= 11 is 3.72. The summed E-state index contributed by atoms with van der Waals surface area (Å²) in [4.78, 5) is 4.81. The van der Waals surface area contributed by atoms with Crippen molar-refractivity contribution in [1.29, 1.82) is 0 Å². The zero-order valence-electron chi connectivity index (χ0n) is 62.8. The summed E-state index contributed by atoms with van der Waals surface area (Å²) in [7, 11) is 0. The molecule has 23 aromatic rings. The number of anilines is 6. The molecule has 23 rings (SSSR count). The Bertz CT molecular complexity index is 7900. The highest BCUT2D eigenvalue weighted by molar-refractivity contribution is 7.26. The highest BCUT2D eigenvalue weighted by atomic mass is 32.1. The van der Waals surface area contributed by atoms with E-state index in [2.05, 4.69) is 410 Å². The van der Waals surface area contributed by atoms with Gasteiger partial charge in [-0.2, -0.15) is 0 Å². The van der Waals surface area contributed by atoms with Gasteiger partial charge in [-0.15, -0.1) is 22.7 Å². The second kappa shape index (κ2) is 27.6. The van der Waals surface area contributed by atoms with E-state index in [0.717, 1.165) is 139 Å². The lowest BCUT2D eigenvalue weighted by atomic mass is 9.96. The summed E-state index contributed by atoms with van der Waals surface area (Å²) in [6, 6.07) is 151. The summed E-state index contributed by atoms with van der Waals surface area (Å²) in [5.74, 6) is 0. The van der Waals surface area contributed by atoms with Crippen LogP contribution in [0.2, 0.25) is 0 Å². The van der Waals surface area contributed by atoms with Crippen LogP contribution in [0, 0.1) is 0 Å². The van der Waals surface area contributed by atoms with Crippen molar-refractivity contribution in [3.63, 3.8) is 0 Å². The lowest BCUT2D eigenvalue weighted by Crippen LogP contribution is -2.10. The van der Waals surface area contributed by atoms with E-state index in [1.165, 1.54) is 89.7 Å². The van der Waals surface area contributed by atoms with Crippen LogP contribution in [0.5, 0.6) is 0 Å². The Hall–Kier alpha value is -14.7. The van der Waals surface area contributed by atoms with Gasteiger partial charge in [0.25, 0.3) is 0 Å². The van der Waals surface area contributed by atoms with Crippen molar-refractivity contribution >= 4 is 163 Å². The van der Waals surface area contributed by atoms with Crippen molar-refractivity contribution in [1.82, 2.24) is 0 Å². The molecule has 0 amide bonds. The highest BCUT2D eigenvalue weighted by Gasteiger charge is 2.23. The number of nitrogens with zero attached hydrogens (tertiary/aromatic N) is 2. The molecule has 0 radical (unpaired) electrons. The molecule has 0 unspecified atom stereocenters. The Morgan fingerprint density at radius 2 is 0.457 bits per heavy atom. The summed E-state index contributed by atoms with van der Waals surface area (Å²) in [5.41, 5.74) is 28.2. The van der Waals surface area contributed by atoms with Crippen LogP contribution in [0.15, 0.2) is 421 Å². The molecule has 4 nitrogen and oxygen atoms in total. The van der Waals surface area contributed by atoms with Crippen LogP contribution in [0.3, 0.4) is 0 Å². The third-order valence-corrected chi connectivity index (χ3v) is 25.7. The van der Waals surface area contributed by atoms with E-state index in [9.17, 15) is 0 Å². The first-order valence-electron chi connectivity index (χ1n) is 39.5. The molecule has 4 aromatic heterocycles. The quantitative estimate of drug-likeness (QED) is 0.109. The van der Waals surface area contributed by atoms with Gasteiger partial charge >= 0.3 is 0 Å². The number of hydrogen-bond acceptors (Lipinski definition) is 6. The molecule has 0 saturated carbocycles. The minimum atomic E-state index is 0.851. The van der Waals surface area contributed by atoms with Crippen LogP contribution >= 0.6 is 22.7 Å². The van der Waals surface area contributed by atoms with E-state index in [1.54, 1.807) is 0 Å². The van der Waals surface area contributed by atoms with Crippen LogP contribution < -0.4 is 9.80 Å². The fourth-order valence-electron chi connectivity index (χ4n) is 17.8. The number of benzene rings is 19. The van der Waals surface area contributed by atoms with E-state index >= 15 is 0 Å². The number of rotatable bonds is 14. The molecule has 19 aromatic carbocycles. The molecule has 542 valence electrons. The molecule has 6 heteroatoms. The zero-order valence-corrected chi connectivity index (χ0v) is 64.4. The number of para-hydroxylation sites is 1. The molecular formula is C110H68N2O2S2. The molecule has 0 fully saturated rings. The van der Waals surface area contributed by atoms with Crippen LogP contribution in [-0.2, 0) is 0 Å². The number of thiophene rings is 2. The van der Waals surface area contributed by atoms with Crippen LogP contribution in [0.25, 0.3) is 195 Å². The highest BCUT2D eigenvalue weighted by Crippen LogP contribution is 2.48. The van der Waals surface area contributed by atoms with Crippen molar-refractivity contribution < 1.29 is 8.83 Å². The summed E-state index contributed by atoms with van der Waals surface area (Å²) in [6.07, 6.45) is 0. The molecule has 0 aliphatic rings. The summed E-state index contributed by atoms with van der Waals surface area (Å²) < 4.78 is 18.5. The molecule has 116 heavy (non-hydrogen) atoms. The molecule has 0 aliphatic heterocycles. The van der Waals surface area contributed by atoms with Gasteiger partial charge in [0.15, 0.2) is 0 Å². The smallest absolute Gasteiger partial charge is 0.136 e. The third kappa shape index (κ3) is 11.7. The predicted molar refractivity (Wildman–Crippen MR) is 495 cm³/mol. The minimum absolute atomic E-state index is 0.851. The first-order valence-corrected chi connectivity index (χ1v) is 41.1. The van der Waals surface area contributed by atoms with E-state index in [1.807, 2.05) is 34.8 Å². The Morgan fingerprint density at radius 3 is 0.948 bits per heavy atom. The Morgan fingerprint density at radius 1 is 0.164 bits per heavy atom. The van der Waals surface area contributed by atoms with Gasteiger partial charge in [0, 0.05) is 96.0 Å². The van der Waals surface area contributed by atoms with E-state index in [-0.39, 0.29) is 0 Å². The van der Waals surface area contributed by atoms with Crippen molar-refractivity contribution in [3.05, 3.63) is 413 Å². The average Bonchev–Trinajstić information content (AvgIpc) is 1.50. The number of furan rings is 2. The molecule has 0 N–H and O–H groups in total. The lowest BCUT2D eigenvalue weighted by Gasteiger charge is -2.27. The zero-order chi connectivity index (χ0) is 76.3. The Balaban J connectivity index is 0.558. The van der Waals surface area contributed by atoms with E-state index in [0.29, 0.717) is 0 Å². The third-order valence-electron chi connectivity index (χ3n) is 23.4. The SMILES string of the molecule is c1cc(-c2cccc(N(c3cccc(-c4ccc5c(c4)oc4ccccc45)c3)c3cccc(-c4cccc5ccccc45)c3)c2)cc(-c2cccc3c2sc2cc(-c4ccc5c(c4)oc4cc(-c6cccc(N(c7cccc(-c8ccc9c(c8)sc8ccccc89)c7)c7cccc(-c8cccc9ccccc89)c7)c6)ccc45)ccc23)c1. The molecule has 0 saturated heterocycles. The van der Waals surface area contributed by atoms with Crippen LogP contribution in [0.1, 0.15) is 0 Å². The maximum atomic E-state index is 6.94. The first kappa shape index (κ1) is 67.1. The average molecular weight is 1510 g/mol. The standard InChI is InChI=1S/C110H68N2O2S2/c1-3-37-90-69(19-1)21-16-41-92(90)82-29-14-35-88(62-82)111(85-32-11-25-73(59-85)76-47-52-96-95-39-5-7-45-103(95)113-104(96)64-76)84-31-10-24-72(58-84)71-23-9-28-81(57-71)94-43-18-44-102-101-56-51-80(68-109(101)116-110(94)102)78-49-54-98-97-53-48-77(65-105(97)114-106(98)66-78)74-26-12-33-86(60-74)112(89-36-15-30-83(63-89)93-42-17-22-70-20-2-4-38-91(70)93)87-34-13-27-75(61-87)79-50-55-100-99-40-6-8-46-107(99)115-108(100)67-79/h1-68H. The largest absolute Gasteiger partial charge is 0.456 e. The van der Waals surface area contributed by atoms with Crippen molar-refractivity contribution in [2.75, 3.05) is 9.80 Å². The van der Waals surface area contributed by atoms with Gasteiger partial charge in [-0.05, 0) is 250 Å². The van der Waals surface area contributed by atoms with Gasteiger partial charge in [0.2, 0.25) is 0 Å². The second-order valence-corrected chi connectivity index (χ2v) is 32.4. The van der Waals surface area contributed by atoms with E-state index < -0.39 is 0 Å². The van der Waals surface area contributed by atoms with Gasteiger partial charge in [-0.3, -0.25) is 0 Å². The van der Waals surface area contributed by atoms with Crippen LogP contribution in [-0.4, -0.2) is 0 Å². The predicted octanol–water partition coefficient (Wildman–Crippen LogP) is 32.8. The van der Waals surface area contributed by atoms with Gasteiger partial charge in [0.05, 0.1) is 0 Å². The maximum Gasteiger partial charge on any atom is 0.136 e. The van der Waals surface area contributed by atoms with E-state index in [4.69, 9.17) is 8.83 Å². The monoisotopic (exact) mass is 1510 g/mol. The fourth-order valence-corrected chi connectivity index (χ4v) is 20.2. The van der Waals surface area contributed by atoms with Gasteiger partial charge in [0.1, 0.15) is 22.3 Å². The van der Waals surface area contributed by atoms with Crippen molar-refractivity contribution in [2.45, 2.75) is 0 Å². The molecule has 0 spiro atoms. The lowest BCUT2D eigenvalue weighted by molar-refractivity contribution is 0.669. The molecule has 4 heterocycles. The van der Waals surface area contributed by atoms with Crippen molar-refractivity contribution in [2.24, 2.45) is 0 Å². The van der Waals surface area contributed by atoms with Crippen LogP contribution in [0.4, 0.5) is 34.1 Å². The van der Waals surface area contributed by atoms with Gasteiger partial charge in [-0.1, -0.05) is 273 Å². The minimum Gasteiger partial charge on any atom is -0.456 e. The molecule has 0 bridgehead atoms. The summed E-state index contributed by atoms with van der Waals surface area (Å²) in [5, 5.41) is 14.4. The Labute approximate surface area is 677 Å². The Kier molecular flexibility index (Phi) is 16.0. The normalized spacial score (nSPS) is 11.8.